The molecule has 1 aliphatic heterocycles. The van der Waals surface area contributed by atoms with Crippen LogP contribution in [0.5, 0.6) is 11.5 Å². The summed E-state index contributed by atoms with van der Waals surface area (Å²) in [4.78, 5) is 16.6. The van der Waals surface area contributed by atoms with Gasteiger partial charge in [-0.05, 0) is 19.1 Å². The van der Waals surface area contributed by atoms with Crippen LogP contribution >= 0.6 is 11.3 Å². The van der Waals surface area contributed by atoms with Crippen molar-refractivity contribution in [3.05, 3.63) is 39.8 Å². The molecule has 0 unspecified atom stereocenters. The van der Waals surface area contributed by atoms with Crippen LogP contribution in [0, 0.1) is 6.92 Å². The van der Waals surface area contributed by atoms with Crippen molar-refractivity contribution >= 4 is 17.1 Å². The Morgan fingerprint density at radius 1 is 1.21 bits per heavy atom. The molecular formula is C19H23NO8S. The van der Waals surface area contributed by atoms with E-state index in [1.54, 1.807) is 5.38 Å². The molecule has 5 atom stereocenters. The van der Waals surface area contributed by atoms with Crippen LogP contribution in [-0.2, 0) is 11.2 Å². The highest BCUT2D eigenvalue weighted by Crippen LogP contribution is 2.27. The van der Waals surface area contributed by atoms with E-state index in [1.807, 2.05) is 6.92 Å². The molecule has 1 aromatic carbocycles. The second-order valence-corrected chi connectivity index (χ2v) is 7.88. The van der Waals surface area contributed by atoms with Crippen LogP contribution in [0.3, 0.4) is 0 Å². The van der Waals surface area contributed by atoms with Crippen LogP contribution in [0.25, 0.3) is 0 Å². The molecule has 3 rings (SSSR count). The number of Topliss-reactive ketones (excluding diaryl/α,β-unsaturated/α-hetero) is 1. The van der Waals surface area contributed by atoms with Crippen LogP contribution in [0.2, 0.25) is 0 Å². The smallest absolute Gasteiger partial charge is 0.172 e. The first-order chi connectivity index (χ1) is 13.8. The molecule has 5 N–H and O–H groups in total. The molecular weight excluding hydrogens is 402 g/mol. The van der Waals surface area contributed by atoms with Gasteiger partial charge in [-0.15, -0.1) is 11.3 Å². The van der Waals surface area contributed by atoms with E-state index in [-0.39, 0.29) is 35.9 Å². The third kappa shape index (κ3) is 4.92. The van der Waals surface area contributed by atoms with Gasteiger partial charge in [0.25, 0.3) is 0 Å². The highest BCUT2D eigenvalue weighted by atomic mass is 32.1. The van der Waals surface area contributed by atoms with Crippen molar-refractivity contribution in [1.29, 1.82) is 0 Å². The SMILES string of the molecule is Cc1nc(CC(=O)c2ccc(OC[C@@H]3O[C@@H](CO)[C@@H](O)[C@@H](O)[C@H]3O)cc2O)cs1. The molecule has 0 amide bonds. The molecule has 1 aliphatic rings. The number of aliphatic hydroxyl groups is 4. The Labute approximate surface area is 170 Å². The zero-order valence-corrected chi connectivity index (χ0v) is 16.5. The Balaban J connectivity index is 1.62. The maximum atomic E-state index is 12.4. The molecule has 0 bridgehead atoms. The molecule has 29 heavy (non-hydrogen) atoms. The van der Waals surface area contributed by atoms with E-state index in [0.717, 1.165) is 5.01 Å². The Bertz CT molecular complexity index is 854. The summed E-state index contributed by atoms with van der Waals surface area (Å²) < 4.78 is 10.8. The van der Waals surface area contributed by atoms with E-state index in [0.29, 0.717) is 5.69 Å². The van der Waals surface area contributed by atoms with E-state index in [4.69, 9.17) is 9.47 Å². The van der Waals surface area contributed by atoms with Gasteiger partial charge in [-0.25, -0.2) is 4.98 Å². The summed E-state index contributed by atoms with van der Waals surface area (Å²) in [5.74, 6) is -0.318. The highest BCUT2D eigenvalue weighted by Gasteiger charge is 2.43. The number of hydrogen-bond donors (Lipinski definition) is 5. The Morgan fingerprint density at radius 2 is 1.93 bits per heavy atom. The van der Waals surface area contributed by atoms with Gasteiger partial charge in [0.15, 0.2) is 5.78 Å². The number of ketones is 1. The van der Waals surface area contributed by atoms with Crippen LogP contribution in [0.1, 0.15) is 21.1 Å². The number of benzene rings is 1. The topological polar surface area (TPSA) is 150 Å². The van der Waals surface area contributed by atoms with Gasteiger partial charge in [-0.3, -0.25) is 4.79 Å². The number of aliphatic hydroxyl groups excluding tert-OH is 4. The van der Waals surface area contributed by atoms with Gasteiger partial charge in [-0.2, -0.15) is 0 Å². The normalized spacial score (nSPS) is 27.0. The summed E-state index contributed by atoms with van der Waals surface area (Å²) in [6.45, 7) is 1.11. The number of aromatic hydroxyl groups is 1. The fourth-order valence-electron chi connectivity index (χ4n) is 3.08. The fraction of sp³-hybridized carbons (Fsp3) is 0.474. The molecule has 1 aromatic heterocycles. The first kappa shape index (κ1) is 21.6. The molecule has 0 aliphatic carbocycles. The van der Waals surface area contributed by atoms with Crippen molar-refractivity contribution < 1.29 is 39.8 Å². The van der Waals surface area contributed by atoms with Crippen molar-refractivity contribution in [2.45, 2.75) is 43.9 Å². The van der Waals surface area contributed by atoms with Crippen molar-refractivity contribution in [1.82, 2.24) is 4.98 Å². The van der Waals surface area contributed by atoms with E-state index in [9.17, 15) is 30.3 Å². The monoisotopic (exact) mass is 425 g/mol. The van der Waals surface area contributed by atoms with E-state index in [2.05, 4.69) is 4.98 Å². The number of thiazole rings is 1. The summed E-state index contributed by atoms with van der Waals surface area (Å²) in [5.41, 5.74) is 0.774. The molecule has 0 radical (unpaired) electrons. The largest absolute Gasteiger partial charge is 0.507 e. The molecule has 1 saturated heterocycles. The third-order valence-electron chi connectivity index (χ3n) is 4.68. The average Bonchev–Trinajstić information content (AvgIpc) is 3.10. The lowest BCUT2D eigenvalue weighted by molar-refractivity contribution is -0.234. The summed E-state index contributed by atoms with van der Waals surface area (Å²) in [6.07, 6.45) is -6.29. The van der Waals surface area contributed by atoms with Crippen molar-refractivity contribution in [2.75, 3.05) is 13.2 Å². The summed E-state index contributed by atoms with van der Waals surface area (Å²) in [7, 11) is 0. The van der Waals surface area contributed by atoms with Gasteiger partial charge >= 0.3 is 0 Å². The maximum absolute atomic E-state index is 12.4. The number of carbonyl (C=O) groups is 1. The Morgan fingerprint density at radius 3 is 2.55 bits per heavy atom. The minimum absolute atomic E-state index is 0.0724. The average molecular weight is 425 g/mol. The van der Waals surface area contributed by atoms with Crippen LogP contribution in [0.15, 0.2) is 23.6 Å². The third-order valence-corrected chi connectivity index (χ3v) is 5.51. The summed E-state index contributed by atoms with van der Waals surface area (Å²) in [6, 6.07) is 4.19. The highest BCUT2D eigenvalue weighted by molar-refractivity contribution is 7.09. The Kier molecular flexibility index (Phi) is 6.83. The summed E-state index contributed by atoms with van der Waals surface area (Å²) >= 11 is 1.44. The minimum Gasteiger partial charge on any atom is -0.507 e. The number of carbonyl (C=O) groups excluding carboxylic acids is 1. The van der Waals surface area contributed by atoms with Crippen LogP contribution < -0.4 is 4.74 Å². The van der Waals surface area contributed by atoms with Gasteiger partial charge in [-0.1, -0.05) is 0 Å². The molecule has 2 aromatic rings. The lowest BCUT2D eigenvalue weighted by atomic mass is 9.95. The van der Waals surface area contributed by atoms with Crippen LogP contribution in [0.4, 0.5) is 0 Å². The molecule has 2 heterocycles. The van der Waals surface area contributed by atoms with Crippen molar-refractivity contribution in [3.8, 4) is 11.5 Å². The van der Waals surface area contributed by atoms with Crippen LogP contribution in [-0.4, -0.2) is 80.0 Å². The molecule has 0 saturated carbocycles. The molecule has 10 heteroatoms. The van der Waals surface area contributed by atoms with Gasteiger partial charge in [0, 0.05) is 11.4 Å². The predicted molar refractivity (Wildman–Crippen MR) is 102 cm³/mol. The lowest BCUT2D eigenvalue weighted by Gasteiger charge is -2.39. The standard InChI is InChI=1S/C19H23NO8S/c1-9-20-10(8-29-9)4-13(22)12-3-2-11(5-14(12)23)27-7-16-18(25)19(26)17(24)15(6-21)28-16/h2-3,5,8,15-19,21,23-26H,4,6-7H2,1H3/t15-,16-,17+,18-,19+/m0/s1. The van der Waals surface area contributed by atoms with Gasteiger partial charge < -0.3 is 35.0 Å². The molecule has 9 nitrogen and oxygen atoms in total. The number of aryl methyl sites for hydroxylation is 1. The number of ether oxygens (including phenoxy) is 2. The zero-order chi connectivity index (χ0) is 21.1. The zero-order valence-electron chi connectivity index (χ0n) is 15.6. The van der Waals surface area contributed by atoms with Gasteiger partial charge in [0.1, 0.15) is 48.6 Å². The number of nitrogens with zero attached hydrogens (tertiary/aromatic N) is 1. The number of hydrogen-bond acceptors (Lipinski definition) is 10. The molecule has 1 fully saturated rings. The fourth-order valence-corrected chi connectivity index (χ4v) is 3.69. The van der Waals surface area contributed by atoms with Crippen molar-refractivity contribution in [3.63, 3.8) is 0 Å². The van der Waals surface area contributed by atoms with Gasteiger partial charge in [0.05, 0.1) is 29.3 Å². The predicted octanol–water partition coefficient (Wildman–Crippen LogP) is -0.196. The number of aromatic nitrogens is 1. The van der Waals surface area contributed by atoms with Gasteiger partial charge in [0.2, 0.25) is 0 Å². The van der Waals surface area contributed by atoms with E-state index >= 15 is 0 Å². The second kappa shape index (κ2) is 9.16. The molecule has 0 spiro atoms. The maximum Gasteiger partial charge on any atom is 0.172 e. The number of rotatable bonds is 7. The number of phenols is 1. The quantitative estimate of drug-likeness (QED) is 0.380. The molecule has 158 valence electrons. The van der Waals surface area contributed by atoms with E-state index in [1.165, 1.54) is 29.5 Å². The first-order valence-corrected chi connectivity index (χ1v) is 9.88. The first-order valence-electron chi connectivity index (χ1n) is 9.00. The van der Waals surface area contributed by atoms with E-state index < -0.39 is 37.1 Å². The lowest BCUT2D eigenvalue weighted by Crippen LogP contribution is -2.59. The Hall–Kier alpha value is -2.08. The number of phenolic OH excluding ortho intramolecular Hbond substituents is 1. The second-order valence-electron chi connectivity index (χ2n) is 6.82. The minimum atomic E-state index is -1.49. The summed E-state index contributed by atoms with van der Waals surface area (Å²) in [5, 5.41) is 51.6. The van der Waals surface area contributed by atoms with Crippen molar-refractivity contribution in [2.24, 2.45) is 0 Å².